The van der Waals surface area contributed by atoms with Crippen LogP contribution in [0.2, 0.25) is 0 Å². The van der Waals surface area contributed by atoms with Gasteiger partial charge in [0.1, 0.15) is 5.56 Å². The minimum absolute atomic E-state index is 0.00710. The number of anilines is 1. The number of thiazole rings is 1. The topological polar surface area (TPSA) is 98.0 Å². The Hall–Kier alpha value is -3.40. The summed E-state index contributed by atoms with van der Waals surface area (Å²) < 4.78 is 11.6. The number of amides is 1. The number of fused-ring (bicyclic) bond motifs is 1. The first-order valence-electron chi connectivity index (χ1n) is 10.2. The minimum atomic E-state index is -0.572. The highest BCUT2D eigenvalue weighted by atomic mass is 32.1. The van der Waals surface area contributed by atoms with Gasteiger partial charge in [0, 0.05) is 32.2 Å². The van der Waals surface area contributed by atoms with E-state index in [0.717, 1.165) is 16.2 Å². The lowest BCUT2D eigenvalue weighted by molar-refractivity contribution is -0.385. The molecule has 2 aromatic carbocycles. The van der Waals surface area contributed by atoms with E-state index in [2.05, 4.69) is 30.9 Å². The number of aryl methyl sites for hydroxylation is 2. The normalized spacial score (nSPS) is 14.0. The molecule has 1 amide bonds. The molecule has 0 N–H and O–H groups in total. The van der Waals surface area contributed by atoms with Gasteiger partial charge in [0.25, 0.3) is 11.6 Å². The monoisotopic (exact) mass is 456 g/mol. The van der Waals surface area contributed by atoms with Gasteiger partial charge in [-0.2, -0.15) is 0 Å². The number of nitrogens with zero attached hydrogens (tertiary/aromatic N) is 4. The Morgan fingerprint density at radius 2 is 1.69 bits per heavy atom. The first-order chi connectivity index (χ1) is 15.3. The van der Waals surface area contributed by atoms with Crippen molar-refractivity contribution in [1.29, 1.82) is 0 Å². The average molecular weight is 457 g/mol. The van der Waals surface area contributed by atoms with Gasteiger partial charge in [-0.1, -0.05) is 23.5 Å². The Labute approximate surface area is 189 Å². The lowest BCUT2D eigenvalue weighted by Gasteiger charge is -2.34. The maximum absolute atomic E-state index is 13.2. The Morgan fingerprint density at radius 1 is 1.06 bits per heavy atom. The third-order valence-corrected chi connectivity index (χ3v) is 6.95. The Bertz CT molecular complexity index is 1160. The number of hydrogen-bond donors (Lipinski definition) is 0. The molecular formula is C22H24N4O5S. The molecule has 3 aromatic rings. The number of carbonyl (C=O) groups is 1. The summed E-state index contributed by atoms with van der Waals surface area (Å²) in [6.07, 6.45) is 0. The average Bonchev–Trinajstić information content (AvgIpc) is 3.27. The van der Waals surface area contributed by atoms with Crippen LogP contribution in [0.3, 0.4) is 0 Å². The number of nitro benzene ring substituents is 1. The van der Waals surface area contributed by atoms with Crippen molar-refractivity contribution < 1.29 is 19.2 Å². The van der Waals surface area contributed by atoms with Crippen molar-refractivity contribution in [1.82, 2.24) is 9.88 Å². The van der Waals surface area contributed by atoms with Gasteiger partial charge in [-0.05, 0) is 25.0 Å². The molecule has 0 bridgehead atoms. The molecule has 0 radical (unpaired) electrons. The highest BCUT2D eigenvalue weighted by Crippen LogP contribution is 2.36. The number of carbonyl (C=O) groups excluding carboxylic acids is 1. The molecular weight excluding hydrogens is 432 g/mol. The molecule has 1 aliphatic heterocycles. The van der Waals surface area contributed by atoms with Crippen LogP contribution in [0.5, 0.6) is 11.5 Å². The van der Waals surface area contributed by atoms with E-state index >= 15 is 0 Å². The molecule has 4 rings (SSSR count). The van der Waals surface area contributed by atoms with Crippen LogP contribution in [0, 0.1) is 24.0 Å². The van der Waals surface area contributed by atoms with Crippen LogP contribution in [0.4, 0.5) is 10.8 Å². The number of hydrogen-bond acceptors (Lipinski definition) is 8. The van der Waals surface area contributed by atoms with Gasteiger partial charge in [0.05, 0.1) is 35.4 Å². The Kier molecular flexibility index (Phi) is 5.88. The summed E-state index contributed by atoms with van der Waals surface area (Å²) in [5.41, 5.74) is 3.05. The van der Waals surface area contributed by atoms with E-state index in [1.807, 2.05) is 0 Å². The second-order valence-corrected chi connectivity index (χ2v) is 8.61. The van der Waals surface area contributed by atoms with Crippen molar-refractivity contribution in [2.75, 3.05) is 45.3 Å². The molecule has 0 unspecified atom stereocenters. The van der Waals surface area contributed by atoms with Crippen molar-refractivity contribution >= 4 is 38.3 Å². The molecule has 0 spiro atoms. The molecule has 9 nitrogen and oxygen atoms in total. The van der Waals surface area contributed by atoms with Gasteiger partial charge < -0.3 is 19.3 Å². The fourth-order valence-electron chi connectivity index (χ4n) is 3.85. The van der Waals surface area contributed by atoms with E-state index in [1.165, 1.54) is 36.6 Å². The van der Waals surface area contributed by atoms with E-state index in [1.54, 1.807) is 16.2 Å². The van der Waals surface area contributed by atoms with Crippen LogP contribution in [0.1, 0.15) is 21.5 Å². The third kappa shape index (κ3) is 3.81. The first kappa shape index (κ1) is 21.8. The molecule has 10 heteroatoms. The van der Waals surface area contributed by atoms with Crippen molar-refractivity contribution in [3.63, 3.8) is 0 Å². The summed E-state index contributed by atoms with van der Waals surface area (Å²) >= 11 is 1.66. The van der Waals surface area contributed by atoms with Crippen LogP contribution in [-0.2, 0) is 0 Å². The number of benzene rings is 2. The molecule has 0 atom stereocenters. The summed E-state index contributed by atoms with van der Waals surface area (Å²) in [6.45, 7) is 6.22. The van der Waals surface area contributed by atoms with Gasteiger partial charge in [-0.25, -0.2) is 4.98 Å². The molecule has 1 saturated heterocycles. The zero-order valence-corrected chi connectivity index (χ0v) is 19.2. The van der Waals surface area contributed by atoms with E-state index in [-0.39, 0.29) is 22.7 Å². The highest BCUT2D eigenvalue weighted by Gasteiger charge is 2.30. The van der Waals surface area contributed by atoms with Crippen LogP contribution < -0.4 is 14.4 Å². The minimum Gasteiger partial charge on any atom is -0.493 e. The van der Waals surface area contributed by atoms with Gasteiger partial charge in [-0.15, -0.1) is 0 Å². The fraction of sp³-hybridized carbons (Fsp3) is 0.364. The lowest BCUT2D eigenvalue weighted by atomic mass is 10.1. The summed E-state index contributed by atoms with van der Waals surface area (Å²) in [5, 5.41) is 12.5. The summed E-state index contributed by atoms with van der Waals surface area (Å²) in [7, 11) is 2.82. The predicted molar refractivity (Wildman–Crippen MR) is 123 cm³/mol. The number of methoxy groups -OCH3 is 2. The number of nitro groups is 1. The Morgan fingerprint density at radius 3 is 2.28 bits per heavy atom. The zero-order chi connectivity index (χ0) is 23.0. The SMILES string of the molecule is COc1cc(C(=O)N2CCN(c3nc4c(C)ccc(C)c4s3)CC2)c([N+](=O)[O-])cc1OC. The molecule has 1 fully saturated rings. The molecule has 168 valence electrons. The zero-order valence-electron chi connectivity index (χ0n) is 18.4. The molecule has 0 aliphatic carbocycles. The Balaban J connectivity index is 1.55. The fourth-order valence-corrected chi connectivity index (χ4v) is 5.01. The predicted octanol–water partition coefficient (Wildman–Crippen LogP) is 3.80. The number of piperazine rings is 1. The van der Waals surface area contributed by atoms with E-state index in [9.17, 15) is 14.9 Å². The number of aromatic nitrogens is 1. The maximum Gasteiger partial charge on any atom is 0.286 e. The van der Waals surface area contributed by atoms with Crippen molar-refractivity contribution in [3.8, 4) is 11.5 Å². The van der Waals surface area contributed by atoms with Crippen molar-refractivity contribution in [2.24, 2.45) is 0 Å². The van der Waals surface area contributed by atoms with Gasteiger partial charge >= 0.3 is 0 Å². The quantitative estimate of drug-likeness (QED) is 0.425. The van der Waals surface area contributed by atoms with Crippen molar-refractivity contribution in [3.05, 3.63) is 51.1 Å². The number of ether oxygens (including phenoxy) is 2. The van der Waals surface area contributed by atoms with Crippen molar-refractivity contribution in [2.45, 2.75) is 13.8 Å². The van der Waals surface area contributed by atoms with Gasteiger partial charge in [0.2, 0.25) is 0 Å². The summed E-state index contributed by atoms with van der Waals surface area (Å²) in [4.78, 5) is 32.8. The molecule has 2 heterocycles. The second kappa shape index (κ2) is 8.62. The molecule has 0 saturated carbocycles. The largest absolute Gasteiger partial charge is 0.493 e. The van der Waals surface area contributed by atoms with Crippen LogP contribution in [0.15, 0.2) is 24.3 Å². The lowest BCUT2D eigenvalue weighted by Crippen LogP contribution is -2.48. The van der Waals surface area contributed by atoms with Gasteiger partial charge in [0.15, 0.2) is 16.6 Å². The van der Waals surface area contributed by atoms with Crippen LogP contribution in [-0.4, -0.2) is 61.1 Å². The van der Waals surface area contributed by atoms with E-state index in [0.29, 0.717) is 26.2 Å². The van der Waals surface area contributed by atoms with Crippen LogP contribution in [0.25, 0.3) is 10.2 Å². The summed E-state index contributed by atoms with van der Waals surface area (Å²) in [5.74, 6) is 0.0931. The first-order valence-corrected chi connectivity index (χ1v) is 11.0. The van der Waals surface area contributed by atoms with Gasteiger partial charge in [-0.3, -0.25) is 14.9 Å². The molecule has 1 aromatic heterocycles. The second-order valence-electron chi connectivity index (χ2n) is 7.63. The smallest absolute Gasteiger partial charge is 0.286 e. The molecule has 32 heavy (non-hydrogen) atoms. The van der Waals surface area contributed by atoms with E-state index < -0.39 is 10.8 Å². The maximum atomic E-state index is 13.2. The molecule has 1 aliphatic rings. The number of rotatable bonds is 5. The highest BCUT2D eigenvalue weighted by molar-refractivity contribution is 7.22. The van der Waals surface area contributed by atoms with Crippen LogP contribution >= 0.6 is 11.3 Å². The third-order valence-electron chi connectivity index (χ3n) is 5.70. The standard InChI is InChI=1S/C22H24N4O5S/c1-13-5-6-14(2)20-19(13)23-22(32-20)25-9-7-24(8-10-25)21(27)15-11-17(30-3)18(31-4)12-16(15)26(28)29/h5-6,11-12H,7-10H2,1-4H3. The van der Waals surface area contributed by atoms with E-state index in [4.69, 9.17) is 14.5 Å². The summed E-state index contributed by atoms with van der Waals surface area (Å²) in [6, 6.07) is 6.79.